The van der Waals surface area contributed by atoms with E-state index >= 15 is 0 Å². The van der Waals surface area contributed by atoms with Gasteiger partial charge in [0.05, 0.1) is 17.7 Å². The van der Waals surface area contributed by atoms with E-state index in [0.29, 0.717) is 21.3 Å². The lowest BCUT2D eigenvalue weighted by atomic mass is 10.1. The second-order valence-electron chi connectivity index (χ2n) is 7.67. The van der Waals surface area contributed by atoms with Crippen LogP contribution in [-0.2, 0) is 16.2 Å². The van der Waals surface area contributed by atoms with Gasteiger partial charge in [-0.3, -0.25) is 25.0 Å². The fourth-order valence-electron chi connectivity index (χ4n) is 3.45. The molecule has 1 saturated heterocycles. The number of urea groups is 1. The standard InChI is InChI=1S/C25H17BrFN3O7/c1-36-21-11-15(20(26)12-22(21)37-13-14-2-6-18(7-3-14)30(34)35)10-19-23(31)28-25(33)29(24(19)32)17-8-4-16(27)5-9-17/h2-12H,13H2,1H3,(H,28,31,33)/b19-10+. The van der Waals surface area contributed by atoms with E-state index in [1.54, 1.807) is 18.2 Å². The number of amides is 4. The van der Waals surface area contributed by atoms with Gasteiger partial charge in [0.15, 0.2) is 11.5 Å². The van der Waals surface area contributed by atoms with E-state index in [-0.39, 0.29) is 29.3 Å². The molecule has 0 saturated carbocycles. The molecule has 1 fully saturated rings. The number of hydrogen-bond donors (Lipinski definition) is 1. The van der Waals surface area contributed by atoms with Gasteiger partial charge in [-0.1, -0.05) is 15.9 Å². The van der Waals surface area contributed by atoms with Crippen molar-refractivity contribution in [2.24, 2.45) is 0 Å². The van der Waals surface area contributed by atoms with Crippen molar-refractivity contribution in [1.82, 2.24) is 5.32 Å². The first-order valence-electron chi connectivity index (χ1n) is 10.6. The SMILES string of the molecule is COc1cc(/C=C2\C(=O)NC(=O)N(c3ccc(F)cc3)C2=O)c(Br)cc1OCc1ccc([N+](=O)[O-])cc1. The number of carbonyl (C=O) groups is 3. The molecule has 188 valence electrons. The maximum Gasteiger partial charge on any atom is 0.335 e. The maximum atomic E-state index is 13.3. The van der Waals surface area contributed by atoms with Crippen LogP contribution in [0.4, 0.5) is 20.6 Å². The minimum absolute atomic E-state index is 0.0394. The molecule has 1 aliphatic rings. The van der Waals surface area contributed by atoms with Gasteiger partial charge in [0.25, 0.3) is 17.5 Å². The summed E-state index contributed by atoms with van der Waals surface area (Å²) in [7, 11) is 1.41. The van der Waals surface area contributed by atoms with Gasteiger partial charge in [0, 0.05) is 16.6 Å². The summed E-state index contributed by atoms with van der Waals surface area (Å²) in [6.45, 7) is 0.0941. The molecule has 4 amide bonds. The third-order valence-corrected chi connectivity index (χ3v) is 6.00. The van der Waals surface area contributed by atoms with Crippen molar-refractivity contribution in [2.45, 2.75) is 6.61 Å². The molecule has 0 bridgehead atoms. The predicted octanol–water partition coefficient (Wildman–Crippen LogP) is 4.75. The van der Waals surface area contributed by atoms with Gasteiger partial charge in [-0.05, 0) is 65.7 Å². The van der Waals surface area contributed by atoms with Crippen molar-refractivity contribution in [1.29, 1.82) is 0 Å². The number of carbonyl (C=O) groups excluding carboxylic acids is 3. The van der Waals surface area contributed by atoms with Crippen LogP contribution < -0.4 is 19.7 Å². The summed E-state index contributed by atoms with van der Waals surface area (Å²) in [4.78, 5) is 48.9. The number of benzene rings is 3. The van der Waals surface area contributed by atoms with Crippen molar-refractivity contribution < 1.29 is 33.2 Å². The highest BCUT2D eigenvalue weighted by Crippen LogP contribution is 2.36. The molecule has 3 aromatic rings. The zero-order chi connectivity index (χ0) is 26.7. The Morgan fingerprint density at radius 3 is 2.35 bits per heavy atom. The average Bonchev–Trinajstić information content (AvgIpc) is 2.87. The first-order valence-corrected chi connectivity index (χ1v) is 11.4. The third-order valence-electron chi connectivity index (χ3n) is 5.31. The summed E-state index contributed by atoms with van der Waals surface area (Å²) in [6, 6.07) is 12.7. The van der Waals surface area contributed by atoms with Crippen LogP contribution in [0.25, 0.3) is 6.08 Å². The summed E-state index contributed by atoms with van der Waals surface area (Å²) in [5.41, 5.74) is 0.791. The Balaban J connectivity index is 1.60. The lowest BCUT2D eigenvalue weighted by molar-refractivity contribution is -0.384. The van der Waals surface area contributed by atoms with Crippen LogP contribution in [0, 0.1) is 15.9 Å². The number of barbiturate groups is 1. The molecular weight excluding hydrogens is 553 g/mol. The van der Waals surface area contributed by atoms with Crippen LogP contribution in [0.3, 0.4) is 0 Å². The van der Waals surface area contributed by atoms with E-state index in [4.69, 9.17) is 9.47 Å². The smallest absolute Gasteiger partial charge is 0.335 e. The zero-order valence-corrected chi connectivity index (χ0v) is 20.7. The molecule has 0 aromatic heterocycles. The molecule has 1 heterocycles. The van der Waals surface area contributed by atoms with E-state index in [1.807, 2.05) is 0 Å². The zero-order valence-electron chi connectivity index (χ0n) is 19.1. The average molecular weight is 570 g/mol. The van der Waals surface area contributed by atoms with Crippen LogP contribution in [0.5, 0.6) is 11.5 Å². The Labute approximate surface area is 217 Å². The number of non-ortho nitro benzene ring substituents is 1. The predicted molar refractivity (Wildman–Crippen MR) is 134 cm³/mol. The Hall–Kier alpha value is -4.58. The molecule has 0 atom stereocenters. The van der Waals surface area contributed by atoms with Crippen molar-refractivity contribution in [3.63, 3.8) is 0 Å². The van der Waals surface area contributed by atoms with Crippen LogP contribution >= 0.6 is 15.9 Å². The lowest BCUT2D eigenvalue weighted by Crippen LogP contribution is -2.54. The summed E-state index contributed by atoms with van der Waals surface area (Å²) >= 11 is 3.39. The van der Waals surface area contributed by atoms with Crippen molar-refractivity contribution in [2.75, 3.05) is 12.0 Å². The molecule has 0 aliphatic carbocycles. The number of nitrogens with one attached hydrogen (secondary N) is 1. The van der Waals surface area contributed by atoms with Gasteiger partial charge in [0.2, 0.25) is 0 Å². The van der Waals surface area contributed by atoms with Gasteiger partial charge in [-0.25, -0.2) is 14.1 Å². The molecule has 1 aliphatic heterocycles. The topological polar surface area (TPSA) is 128 Å². The quantitative estimate of drug-likeness (QED) is 0.188. The van der Waals surface area contributed by atoms with Crippen molar-refractivity contribution >= 4 is 51.2 Å². The highest BCUT2D eigenvalue weighted by Gasteiger charge is 2.37. The normalized spacial score (nSPS) is 14.5. The number of nitrogens with zero attached hydrogens (tertiary/aromatic N) is 2. The minimum Gasteiger partial charge on any atom is -0.493 e. The Bertz CT molecular complexity index is 1440. The van der Waals surface area contributed by atoms with Gasteiger partial charge in [-0.15, -0.1) is 0 Å². The van der Waals surface area contributed by atoms with Crippen molar-refractivity contribution in [3.8, 4) is 11.5 Å². The minimum atomic E-state index is -0.953. The summed E-state index contributed by atoms with van der Waals surface area (Å²) in [5.74, 6) is -1.71. The van der Waals surface area contributed by atoms with Crippen molar-refractivity contribution in [3.05, 3.63) is 97.8 Å². The van der Waals surface area contributed by atoms with E-state index in [9.17, 15) is 28.9 Å². The fraction of sp³-hybridized carbons (Fsp3) is 0.0800. The van der Waals surface area contributed by atoms with Crippen LogP contribution in [-0.4, -0.2) is 29.9 Å². The molecule has 37 heavy (non-hydrogen) atoms. The Morgan fingerprint density at radius 2 is 1.73 bits per heavy atom. The number of rotatable bonds is 7. The third kappa shape index (κ3) is 5.48. The summed E-state index contributed by atoms with van der Waals surface area (Å²) < 4.78 is 24.9. The molecule has 1 N–H and O–H groups in total. The lowest BCUT2D eigenvalue weighted by Gasteiger charge is -2.26. The number of nitro benzene ring substituents is 1. The van der Waals surface area contributed by atoms with Gasteiger partial charge < -0.3 is 9.47 Å². The molecule has 10 nitrogen and oxygen atoms in total. The number of nitro groups is 1. The molecular formula is C25H17BrFN3O7. The van der Waals surface area contributed by atoms with Crippen LogP contribution in [0.15, 0.2) is 70.7 Å². The van der Waals surface area contributed by atoms with Gasteiger partial charge in [0.1, 0.15) is 18.0 Å². The molecule has 0 unspecified atom stereocenters. The molecule has 12 heteroatoms. The van der Waals surface area contributed by atoms with E-state index < -0.39 is 28.6 Å². The number of imide groups is 2. The molecule has 0 spiro atoms. The fourth-order valence-corrected chi connectivity index (χ4v) is 3.88. The second kappa shape index (κ2) is 10.6. The number of methoxy groups -OCH3 is 1. The van der Waals surface area contributed by atoms with Gasteiger partial charge in [-0.2, -0.15) is 0 Å². The molecule has 3 aromatic carbocycles. The molecule has 4 rings (SSSR count). The second-order valence-corrected chi connectivity index (χ2v) is 8.53. The highest BCUT2D eigenvalue weighted by atomic mass is 79.9. The van der Waals surface area contributed by atoms with Crippen LogP contribution in [0.2, 0.25) is 0 Å². The number of hydrogen-bond acceptors (Lipinski definition) is 7. The monoisotopic (exact) mass is 569 g/mol. The Morgan fingerprint density at radius 1 is 1.05 bits per heavy atom. The Kier molecular flexibility index (Phi) is 7.30. The summed E-state index contributed by atoms with van der Waals surface area (Å²) in [6.07, 6.45) is 1.29. The largest absolute Gasteiger partial charge is 0.493 e. The van der Waals surface area contributed by atoms with Crippen LogP contribution in [0.1, 0.15) is 11.1 Å². The number of anilines is 1. The first-order chi connectivity index (χ1) is 17.7. The van der Waals surface area contributed by atoms with E-state index in [0.717, 1.165) is 17.0 Å². The first kappa shape index (κ1) is 25.5. The molecule has 0 radical (unpaired) electrons. The summed E-state index contributed by atoms with van der Waals surface area (Å²) in [5, 5.41) is 12.9. The van der Waals surface area contributed by atoms with E-state index in [2.05, 4.69) is 21.2 Å². The number of halogens is 2. The highest BCUT2D eigenvalue weighted by molar-refractivity contribution is 9.10. The maximum absolute atomic E-state index is 13.3. The number of ether oxygens (including phenoxy) is 2. The van der Waals surface area contributed by atoms with E-state index in [1.165, 1.54) is 43.5 Å². The van der Waals surface area contributed by atoms with Gasteiger partial charge >= 0.3 is 6.03 Å².